The number of amides is 2. The van der Waals surface area contributed by atoms with Crippen LogP contribution in [0.3, 0.4) is 0 Å². The van der Waals surface area contributed by atoms with E-state index in [4.69, 9.17) is 4.74 Å². The molecule has 0 atom stereocenters. The molecule has 0 saturated heterocycles. The maximum absolute atomic E-state index is 12.5. The molecular weight excluding hydrogens is 322 g/mol. The summed E-state index contributed by atoms with van der Waals surface area (Å²) < 4.78 is 6.80. The number of alkyl carbamates (subject to hydrolysis) is 1. The highest BCUT2D eigenvalue weighted by atomic mass is 16.6. The van der Waals surface area contributed by atoms with Gasteiger partial charge in [0.25, 0.3) is 5.91 Å². The molecule has 25 heavy (non-hydrogen) atoms. The lowest BCUT2D eigenvalue weighted by atomic mass is 10.1. The van der Waals surface area contributed by atoms with Gasteiger partial charge in [0.15, 0.2) is 5.65 Å². The molecule has 0 aromatic carbocycles. The quantitative estimate of drug-likeness (QED) is 0.823. The van der Waals surface area contributed by atoms with Gasteiger partial charge in [-0.25, -0.2) is 9.78 Å². The Morgan fingerprint density at radius 2 is 1.84 bits per heavy atom. The molecule has 2 aromatic rings. The number of fused-ring (bicyclic) bond motifs is 1. The molecule has 0 saturated carbocycles. The first-order valence-corrected chi connectivity index (χ1v) is 8.14. The molecule has 0 unspecified atom stereocenters. The molecule has 8 heteroatoms. The summed E-state index contributed by atoms with van der Waals surface area (Å²) >= 11 is 0. The number of aromatic nitrogens is 3. The van der Waals surface area contributed by atoms with Crippen LogP contribution >= 0.6 is 0 Å². The lowest BCUT2D eigenvalue weighted by Gasteiger charge is -2.19. The summed E-state index contributed by atoms with van der Waals surface area (Å²) in [4.78, 5) is 28.5. The summed E-state index contributed by atoms with van der Waals surface area (Å²) in [6.45, 7) is 9.63. The van der Waals surface area contributed by atoms with Crippen molar-refractivity contribution in [3.8, 4) is 0 Å². The zero-order valence-electron chi connectivity index (χ0n) is 15.6. The van der Waals surface area contributed by atoms with Gasteiger partial charge in [0.2, 0.25) is 0 Å². The first-order valence-electron chi connectivity index (χ1n) is 8.14. The second kappa shape index (κ2) is 7.08. The van der Waals surface area contributed by atoms with Gasteiger partial charge in [-0.1, -0.05) is 0 Å². The predicted octanol–water partition coefficient (Wildman–Crippen LogP) is 1.84. The van der Waals surface area contributed by atoms with Crippen LogP contribution in [-0.2, 0) is 11.8 Å². The molecular formula is C17H25N5O3. The SMILES string of the molecule is Cc1cc(C(=O)NCCNC(=O)OC(C)(C)C)c2c(C)nn(C)c2n1. The largest absolute Gasteiger partial charge is 0.444 e. The van der Waals surface area contributed by atoms with Crippen LogP contribution in [0.15, 0.2) is 6.07 Å². The third kappa shape index (κ3) is 4.68. The van der Waals surface area contributed by atoms with Crippen LogP contribution in [0.4, 0.5) is 4.79 Å². The van der Waals surface area contributed by atoms with Gasteiger partial charge < -0.3 is 15.4 Å². The van der Waals surface area contributed by atoms with Crippen molar-refractivity contribution in [2.24, 2.45) is 7.05 Å². The maximum Gasteiger partial charge on any atom is 0.407 e. The fourth-order valence-corrected chi connectivity index (χ4v) is 2.50. The Morgan fingerprint density at radius 1 is 1.20 bits per heavy atom. The van der Waals surface area contributed by atoms with Crippen LogP contribution in [0.5, 0.6) is 0 Å². The number of nitrogens with one attached hydrogen (secondary N) is 2. The number of pyridine rings is 1. The van der Waals surface area contributed by atoms with Gasteiger partial charge in [-0.3, -0.25) is 9.48 Å². The molecule has 0 aliphatic heterocycles. The van der Waals surface area contributed by atoms with E-state index in [1.807, 2.05) is 13.8 Å². The number of rotatable bonds is 4. The average Bonchev–Trinajstić information content (AvgIpc) is 2.75. The second-order valence-corrected chi connectivity index (χ2v) is 6.90. The second-order valence-electron chi connectivity index (χ2n) is 6.90. The van der Waals surface area contributed by atoms with E-state index in [2.05, 4.69) is 20.7 Å². The van der Waals surface area contributed by atoms with Crippen molar-refractivity contribution in [2.75, 3.05) is 13.1 Å². The number of ether oxygens (including phenoxy) is 1. The first kappa shape index (κ1) is 18.7. The van der Waals surface area contributed by atoms with Crippen molar-refractivity contribution in [1.29, 1.82) is 0 Å². The minimum atomic E-state index is -0.550. The Kier molecular flexibility index (Phi) is 5.30. The Hall–Kier alpha value is -2.64. The molecule has 2 N–H and O–H groups in total. The van der Waals surface area contributed by atoms with Crippen LogP contribution in [0.25, 0.3) is 11.0 Å². The first-order chi connectivity index (χ1) is 11.6. The van der Waals surface area contributed by atoms with Crippen molar-refractivity contribution in [1.82, 2.24) is 25.4 Å². The molecule has 2 aromatic heterocycles. The number of hydrogen-bond acceptors (Lipinski definition) is 5. The highest BCUT2D eigenvalue weighted by Crippen LogP contribution is 2.21. The molecule has 0 spiro atoms. The minimum absolute atomic E-state index is 0.224. The number of carbonyl (C=O) groups excluding carboxylic acids is 2. The third-order valence-corrected chi connectivity index (χ3v) is 3.42. The smallest absolute Gasteiger partial charge is 0.407 e. The van der Waals surface area contributed by atoms with E-state index in [1.165, 1.54) is 0 Å². The van der Waals surface area contributed by atoms with Crippen molar-refractivity contribution < 1.29 is 14.3 Å². The fourth-order valence-electron chi connectivity index (χ4n) is 2.50. The summed E-state index contributed by atoms with van der Waals surface area (Å²) in [5.41, 5.74) is 2.15. The number of aryl methyl sites for hydroxylation is 3. The van der Waals surface area contributed by atoms with E-state index in [9.17, 15) is 9.59 Å². The number of nitrogens with zero attached hydrogens (tertiary/aromatic N) is 3. The number of hydrogen-bond donors (Lipinski definition) is 2. The van der Waals surface area contributed by atoms with Gasteiger partial charge in [-0.05, 0) is 40.7 Å². The van der Waals surface area contributed by atoms with Crippen molar-refractivity contribution in [3.63, 3.8) is 0 Å². The highest BCUT2D eigenvalue weighted by molar-refractivity contribution is 6.06. The summed E-state index contributed by atoms with van der Waals surface area (Å²) in [7, 11) is 1.80. The zero-order valence-corrected chi connectivity index (χ0v) is 15.6. The molecule has 136 valence electrons. The van der Waals surface area contributed by atoms with E-state index in [1.54, 1.807) is 38.6 Å². The molecule has 8 nitrogen and oxygen atoms in total. The molecule has 0 fully saturated rings. The van der Waals surface area contributed by atoms with Crippen molar-refractivity contribution in [2.45, 2.75) is 40.2 Å². The zero-order chi connectivity index (χ0) is 18.8. The Labute approximate surface area is 146 Å². The lowest BCUT2D eigenvalue weighted by Crippen LogP contribution is -2.37. The van der Waals surface area contributed by atoms with Gasteiger partial charge in [0.1, 0.15) is 5.60 Å². The normalized spacial score (nSPS) is 11.4. The van der Waals surface area contributed by atoms with Gasteiger partial charge in [-0.2, -0.15) is 5.10 Å². The van der Waals surface area contributed by atoms with Crippen LogP contribution in [0.2, 0.25) is 0 Å². The molecule has 0 bridgehead atoms. The van der Waals surface area contributed by atoms with Crippen LogP contribution in [-0.4, -0.2) is 45.5 Å². The minimum Gasteiger partial charge on any atom is -0.444 e. The average molecular weight is 347 g/mol. The monoisotopic (exact) mass is 347 g/mol. The van der Waals surface area contributed by atoms with Crippen LogP contribution < -0.4 is 10.6 Å². The Morgan fingerprint density at radius 3 is 2.48 bits per heavy atom. The van der Waals surface area contributed by atoms with E-state index >= 15 is 0 Å². The highest BCUT2D eigenvalue weighted by Gasteiger charge is 2.18. The van der Waals surface area contributed by atoms with Gasteiger partial charge in [0.05, 0.1) is 16.6 Å². The predicted molar refractivity (Wildman–Crippen MR) is 94.6 cm³/mol. The Bertz CT molecular complexity index is 805. The summed E-state index contributed by atoms with van der Waals surface area (Å²) in [5.74, 6) is -0.224. The fraction of sp³-hybridized carbons (Fsp3) is 0.529. The van der Waals surface area contributed by atoms with Gasteiger partial charge >= 0.3 is 6.09 Å². The molecule has 2 rings (SSSR count). The van der Waals surface area contributed by atoms with Crippen molar-refractivity contribution >= 4 is 23.0 Å². The van der Waals surface area contributed by atoms with Crippen LogP contribution in [0, 0.1) is 13.8 Å². The molecule has 0 aliphatic carbocycles. The lowest BCUT2D eigenvalue weighted by molar-refractivity contribution is 0.0526. The van der Waals surface area contributed by atoms with Gasteiger partial charge in [-0.15, -0.1) is 0 Å². The van der Waals surface area contributed by atoms with E-state index in [0.717, 1.165) is 16.8 Å². The molecule has 0 aliphatic rings. The maximum atomic E-state index is 12.5. The van der Waals surface area contributed by atoms with Crippen LogP contribution in [0.1, 0.15) is 42.5 Å². The van der Waals surface area contributed by atoms with Crippen molar-refractivity contribution in [3.05, 3.63) is 23.0 Å². The van der Waals surface area contributed by atoms with Gasteiger partial charge in [0, 0.05) is 25.8 Å². The Balaban J connectivity index is 2.00. The summed E-state index contributed by atoms with van der Waals surface area (Å²) in [6, 6.07) is 1.74. The standard InChI is InChI=1S/C17H25N5O3/c1-10-9-12(13-11(2)21-22(6)14(13)20-10)15(23)18-7-8-19-16(24)25-17(3,4)5/h9H,7-8H2,1-6H3,(H,18,23)(H,19,24). The van der Waals surface area contributed by atoms with E-state index in [-0.39, 0.29) is 12.5 Å². The topological polar surface area (TPSA) is 98.1 Å². The van der Waals surface area contributed by atoms with E-state index < -0.39 is 11.7 Å². The van der Waals surface area contributed by atoms with E-state index in [0.29, 0.717) is 17.8 Å². The summed E-state index contributed by atoms with van der Waals surface area (Å²) in [5, 5.41) is 10.5. The molecule has 2 heterocycles. The molecule has 2 amide bonds. The number of carbonyl (C=O) groups is 2. The molecule has 0 radical (unpaired) electrons. The third-order valence-electron chi connectivity index (χ3n) is 3.42. The summed E-state index contributed by atoms with van der Waals surface area (Å²) in [6.07, 6.45) is -0.507.